The lowest BCUT2D eigenvalue weighted by Gasteiger charge is -2.08. The predicted octanol–water partition coefficient (Wildman–Crippen LogP) is 0.117. The Labute approximate surface area is 133 Å². The summed E-state index contributed by atoms with van der Waals surface area (Å²) in [5, 5.41) is 17.5. The fourth-order valence-electron chi connectivity index (χ4n) is 2.10. The molecule has 0 radical (unpaired) electrons. The van der Waals surface area contributed by atoms with E-state index in [0.29, 0.717) is 41.1 Å². The normalized spacial score (nSPS) is 10.3. The highest BCUT2D eigenvalue weighted by Gasteiger charge is 2.16. The summed E-state index contributed by atoms with van der Waals surface area (Å²) in [4.78, 5) is 12.1. The van der Waals surface area contributed by atoms with E-state index in [9.17, 15) is 9.18 Å². The zero-order valence-electron chi connectivity index (χ0n) is 12.6. The fourth-order valence-corrected chi connectivity index (χ4v) is 2.10. The monoisotopic (exact) mass is 316 g/mol. The van der Waals surface area contributed by atoms with Gasteiger partial charge in [-0.1, -0.05) is 0 Å². The van der Waals surface area contributed by atoms with E-state index < -0.39 is 0 Å². The lowest BCUT2D eigenvalue weighted by molar-refractivity contribution is -0.111. The minimum absolute atomic E-state index is 0.0125. The second-order valence-electron chi connectivity index (χ2n) is 5.06. The summed E-state index contributed by atoms with van der Waals surface area (Å²) < 4.78 is 13.0. The van der Waals surface area contributed by atoms with E-state index in [1.54, 1.807) is 30.3 Å². The lowest BCUT2D eigenvalue weighted by Crippen LogP contribution is -2.41. The Balaban J connectivity index is 2.24. The standard InChI is InChI=1S/C17H18FN3O2/c18-13-5-2-11(3-6-13)16(20)14-10-12(4-7-15(14)19)17(23)21-8-1-9-22/h2-7,10,20,22H,1,8-9,19H2,(H,21,23)/p+1. The Morgan fingerprint density at radius 1 is 1.17 bits per heavy atom. The van der Waals surface area contributed by atoms with Gasteiger partial charge in [-0.15, -0.1) is 0 Å². The number of carbonyl (C=O) groups excluding carboxylic acids is 1. The van der Waals surface area contributed by atoms with E-state index in [0.717, 1.165) is 0 Å². The number of nitrogens with one attached hydrogen (secondary N) is 1. The molecule has 0 atom stereocenters. The molecule has 0 saturated heterocycles. The van der Waals surface area contributed by atoms with Crippen molar-refractivity contribution in [3.05, 3.63) is 65.0 Å². The summed E-state index contributed by atoms with van der Waals surface area (Å²) in [6, 6.07) is 10.5. The van der Waals surface area contributed by atoms with Crippen molar-refractivity contribution in [2.75, 3.05) is 18.9 Å². The van der Waals surface area contributed by atoms with Gasteiger partial charge >= 0.3 is 0 Å². The molecule has 0 unspecified atom stereocenters. The number of carbonyl (C=O) groups is 1. The first-order valence-electron chi connectivity index (χ1n) is 7.20. The second kappa shape index (κ2) is 7.51. The van der Waals surface area contributed by atoms with E-state index in [1.165, 1.54) is 12.1 Å². The van der Waals surface area contributed by atoms with Crippen LogP contribution < -0.4 is 16.5 Å². The number of hydrogen-bond donors (Lipinski definition) is 4. The second-order valence-corrected chi connectivity index (χ2v) is 5.06. The van der Waals surface area contributed by atoms with Crippen LogP contribution in [0.15, 0.2) is 42.5 Å². The van der Waals surface area contributed by atoms with Gasteiger partial charge in [-0.05, 0) is 48.9 Å². The van der Waals surface area contributed by atoms with Gasteiger partial charge in [0.25, 0.3) is 5.91 Å². The van der Waals surface area contributed by atoms with Crippen molar-refractivity contribution >= 4 is 17.3 Å². The fraction of sp³-hybridized carbons (Fsp3) is 0.176. The average Bonchev–Trinajstić information content (AvgIpc) is 2.55. The zero-order valence-corrected chi connectivity index (χ0v) is 12.6. The van der Waals surface area contributed by atoms with Gasteiger partial charge < -0.3 is 16.2 Å². The number of anilines is 1. The van der Waals surface area contributed by atoms with Gasteiger partial charge in [-0.2, -0.15) is 0 Å². The molecule has 0 aromatic heterocycles. The molecule has 0 aliphatic heterocycles. The molecule has 23 heavy (non-hydrogen) atoms. The molecule has 6 N–H and O–H groups in total. The van der Waals surface area contributed by atoms with Gasteiger partial charge in [0.1, 0.15) is 5.82 Å². The number of benzene rings is 2. The maximum atomic E-state index is 13.0. The molecule has 2 aromatic rings. The summed E-state index contributed by atoms with van der Waals surface area (Å²) >= 11 is 0. The predicted molar refractivity (Wildman–Crippen MR) is 86.4 cm³/mol. The molecule has 5 nitrogen and oxygen atoms in total. The molecule has 2 aromatic carbocycles. The first-order chi connectivity index (χ1) is 11.0. The van der Waals surface area contributed by atoms with Crippen LogP contribution in [0, 0.1) is 5.82 Å². The van der Waals surface area contributed by atoms with E-state index >= 15 is 0 Å². The highest BCUT2D eigenvalue weighted by Crippen LogP contribution is 2.17. The highest BCUT2D eigenvalue weighted by molar-refractivity contribution is 6.13. The molecule has 0 aliphatic carbocycles. The minimum Gasteiger partial charge on any atom is -0.398 e. The molecule has 1 amide bonds. The van der Waals surface area contributed by atoms with Crippen LogP contribution in [0.25, 0.3) is 0 Å². The van der Waals surface area contributed by atoms with E-state index in [1.807, 2.05) is 0 Å². The average molecular weight is 316 g/mol. The van der Waals surface area contributed by atoms with Gasteiger partial charge in [-0.25, -0.2) is 4.39 Å². The number of aliphatic hydroxyl groups excluding tert-OH is 1. The van der Waals surface area contributed by atoms with Crippen molar-refractivity contribution in [1.82, 2.24) is 5.32 Å². The molecule has 0 fully saturated rings. The van der Waals surface area contributed by atoms with Gasteiger partial charge in [0.2, 0.25) is 5.71 Å². The van der Waals surface area contributed by atoms with Crippen molar-refractivity contribution in [2.45, 2.75) is 6.42 Å². The summed E-state index contributed by atoms with van der Waals surface area (Å²) in [6.07, 6.45) is 0.484. The first-order valence-corrected chi connectivity index (χ1v) is 7.20. The Hall–Kier alpha value is -2.73. The molecule has 2 rings (SSSR count). The summed E-state index contributed by atoms with van der Waals surface area (Å²) in [5.74, 6) is -0.627. The third-order valence-electron chi connectivity index (χ3n) is 3.38. The third-order valence-corrected chi connectivity index (χ3v) is 3.38. The maximum Gasteiger partial charge on any atom is 0.251 e. The van der Waals surface area contributed by atoms with Crippen LogP contribution in [0.2, 0.25) is 0 Å². The number of halogens is 1. The van der Waals surface area contributed by atoms with E-state index in [2.05, 4.69) is 5.32 Å². The quantitative estimate of drug-likeness (QED) is 0.346. The largest absolute Gasteiger partial charge is 0.398 e. The van der Waals surface area contributed by atoms with E-state index in [-0.39, 0.29) is 18.3 Å². The molecule has 0 spiro atoms. The summed E-state index contributed by atoms with van der Waals surface area (Å²) in [5.41, 5.74) is 8.29. The van der Waals surface area contributed by atoms with Crippen LogP contribution in [0.5, 0.6) is 0 Å². The molecule has 0 heterocycles. The van der Waals surface area contributed by atoms with Crippen molar-refractivity contribution in [1.29, 1.82) is 0 Å². The lowest BCUT2D eigenvalue weighted by atomic mass is 9.98. The SMILES string of the molecule is Nc1ccc(C(=O)NCCCO)cc1C(=[NH2+])c1ccc(F)cc1. The molecule has 120 valence electrons. The van der Waals surface area contributed by atoms with Crippen molar-refractivity contribution in [3.63, 3.8) is 0 Å². The van der Waals surface area contributed by atoms with Crippen LogP contribution in [-0.4, -0.2) is 29.9 Å². The first kappa shape index (κ1) is 16.6. The van der Waals surface area contributed by atoms with Crippen LogP contribution in [0.3, 0.4) is 0 Å². The number of aliphatic hydroxyl groups is 1. The molecular formula is C17H19FN3O2+. The molecule has 0 bridgehead atoms. The molecular weight excluding hydrogens is 297 g/mol. The smallest absolute Gasteiger partial charge is 0.251 e. The Kier molecular flexibility index (Phi) is 5.43. The number of amides is 1. The number of nitrogen functional groups attached to an aromatic ring is 1. The van der Waals surface area contributed by atoms with Gasteiger partial charge in [0.05, 0.1) is 5.56 Å². The highest BCUT2D eigenvalue weighted by atomic mass is 19.1. The zero-order chi connectivity index (χ0) is 16.8. The van der Waals surface area contributed by atoms with Gasteiger partial charge in [-0.3, -0.25) is 10.2 Å². The number of rotatable bonds is 6. The van der Waals surface area contributed by atoms with E-state index in [4.69, 9.17) is 16.2 Å². The number of nitrogens with two attached hydrogens (primary N) is 2. The van der Waals surface area contributed by atoms with Gasteiger partial charge in [0.15, 0.2) is 0 Å². The van der Waals surface area contributed by atoms with Crippen molar-refractivity contribution in [3.8, 4) is 0 Å². The minimum atomic E-state index is -0.355. The summed E-state index contributed by atoms with van der Waals surface area (Å²) in [7, 11) is 0. The Bertz CT molecular complexity index is 714. The van der Waals surface area contributed by atoms with Crippen molar-refractivity contribution in [2.24, 2.45) is 0 Å². The molecule has 0 saturated carbocycles. The van der Waals surface area contributed by atoms with Crippen molar-refractivity contribution < 1.29 is 19.7 Å². The number of hydrogen-bond acceptors (Lipinski definition) is 3. The molecule has 0 aliphatic rings. The maximum absolute atomic E-state index is 13.0. The molecule has 6 heteroatoms. The Morgan fingerprint density at radius 2 is 1.83 bits per heavy atom. The third kappa shape index (κ3) is 4.14. The van der Waals surface area contributed by atoms with Crippen LogP contribution >= 0.6 is 0 Å². The topological polar surface area (TPSA) is 101 Å². The van der Waals surface area contributed by atoms with Crippen LogP contribution in [-0.2, 0) is 0 Å². The van der Waals surface area contributed by atoms with Gasteiger partial charge in [0, 0.05) is 30.0 Å². The van der Waals surface area contributed by atoms with Crippen LogP contribution in [0.1, 0.15) is 27.9 Å². The van der Waals surface area contributed by atoms with Crippen LogP contribution in [0.4, 0.5) is 10.1 Å². The summed E-state index contributed by atoms with van der Waals surface area (Å²) in [6.45, 7) is 0.394. The Morgan fingerprint density at radius 3 is 2.48 bits per heavy atom.